The molecular weight excluding hydrogens is 316 g/mol. The topological polar surface area (TPSA) is 80.8 Å². The summed E-state index contributed by atoms with van der Waals surface area (Å²) in [6.07, 6.45) is 0. The molecule has 6 nitrogen and oxygen atoms in total. The van der Waals surface area contributed by atoms with Gasteiger partial charge >= 0.3 is 0 Å². The summed E-state index contributed by atoms with van der Waals surface area (Å²) in [5, 5.41) is 10.4. The lowest BCUT2D eigenvalue weighted by atomic mass is 10.0. The molecule has 1 N–H and O–H groups in total. The van der Waals surface area contributed by atoms with Crippen molar-refractivity contribution in [3.05, 3.63) is 71.0 Å². The standard InChI is InChI=1S/C19H14N4O2/c1-25-14-9-7-12(8-10-14)15-11-16(13-5-3-2-4-6-13)20-18-17(15)19(24)22-23-21-18/h2-11H,1H3,(H,20,21,22,24). The molecule has 25 heavy (non-hydrogen) atoms. The number of ether oxygens (including phenoxy) is 1. The quantitative estimate of drug-likeness (QED) is 0.624. The smallest absolute Gasteiger partial charge is 0.277 e. The number of nitrogens with zero attached hydrogens (tertiary/aromatic N) is 3. The van der Waals surface area contributed by atoms with Gasteiger partial charge in [-0.25, -0.2) is 10.1 Å². The molecule has 122 valence electrons. The Morgan fingerprint density at radius 3 is 2.44 bits per heavy atom. The van der Waals surface area contributed by atoms with Gasteiger partial charge in [0.25, 0.3) is 5.56 Å². The number of methoxy groups -OCH3 is 1. The summed E-state index contributed by atoms with van der Waals surface area (Å²) in [6, 6.07) is 19.2. The minimum Gasteiger partial charge on any atom is -0.497 e. The van der Waals surface area contributed by atoms with Crippen molar-refractivity contribution in [2.24, 2.45) is 0 Å². The van der Waals surface area contributed by atoms with Crippen molar-refractivity contribution in [1.29, 1.82) is 0 Å². The van der Waals surface area contributed by atoms with Crippen LogP contribution in [0.2, 0.25) is 0 Å². The molecule has 0 saturated heterocycles. The fourth-order valence-corrected chi connectivity index (χ4v) is 2.76. The maximum Gasteiger partial charge on any atom is 0.277 e. The number of hydrogen-bond donors (Lipinski definition) is 1. The Labute approximate surface area is 143 Å². The van der Waals surface area contributed by atoms with Gasteiger partial charge < -0.3 is 4.74 Å². The van der Waals surface area contributed by atoms with E-state index in [1.165, 1.54) is 0 Å². The molecule has 0 bridgehead atoms. The Morgan fingerprint density at radius 2 is 1.72 bits per heavy atom. The second-order valence-corrected chi connectivity index (χ2v) is 5.49. The maximum absolute atomic E-state index is 12.3. The highest BCUT2D eigenvalue weighted by Crippen LogP contribution is 2.30. The van der Waals surface area contributed by atoms with E-state index < -0.39 is 0 Å². The van der Waals surface area contributed by atoms with Gasteiger partial charge in [-0.15, -0.1) is 5.10 Å². The highest BCUT2D eigenvalue weighted by atomic mass is 16.5. The second-order valence-electron chi connectivity index (χ2n) is 5.49. The van der Waals surface area contributed by atoms with Gasteiger partial charge in [-0.05, 0) is 23.8 Å². The summed E-state index contributed by atoms with van der Waals surface area (Å²) in [5.41, 5.74) is 3.31. The van der Waals surface area contributed by atoms with Crippen LogP contribution in [0, 0.1) is 0 Å². The van der Waals surface area contributed by atoms with E-state index >= 15 is 0 Å². The first kappa shape index (κ1) is 15.0. The van der Waals surface area contributed by atoms with E-state index in [1.54, 1.807) is 7.11 Å². The normalized spacial score (nSPS) is 10.8. The third-order valence-electron chi connectivity index (χ3n) is 3.99. The van der Waals surface area contributed by atoms with Crippen LogP contribution < -0.4 is 10.3 Å². The lowest BCUT2D eigenvalue weighted by Gasteiger charge is -2.09. The largest absolute Gasteiger partial charge is 0.497 e. The fraction of sp³-hybridized carbons (Fsp3) is 0.0526. The van der Waals surface area contributed by atoms with Crippen molar-refractivity contribution in [1.82, 2.24) is 20.4 Å². The molecule has 0 spiro atoms. The van der Waals surface area contributed by atoms with Crippen molar-refractivity contribution < 1.29 is 4.74 Å². The van der Waals surface area contributed by atoms with Crippen molar-refractivity contribution in [3.8, 4) is 28.1 Å². The second kappa shape index (κ2) is 6.16. The predicted molar refractivity (Wildman–Crippen MR) is 95.4 cm³/mol. The molecular formula is C19H14N4O2. The number of aromatic amines is 1. The van der Waals surface area contributed by atoms with Crippen LogP contribution in [-0.2, 0) is 0 Å². The van der Waals surface area contributed by atoms with E-state index in [0.29, 0.717) is 11.0 Å². The molecule has 4 aromatic rings. The van der Waals surface area contributed by atoms with E-state index in [1.807, 2.05) is 60.7 Å². The third-order valence-corrected chi connectivity index (χ3v) is 3.99. The van der Waals surface area contributed by atoms with Gasteiger partial charge in [-0.2, -0.15) is 0 Å². The third kappa shape index (κ3) is 2.74. The Balaban J connectivity index is 2.01. The van der Waals surface area contributed by atoms with Crippen LogP contribution in [-0.4, -0.2) is 27.5 Å². The van der Waals surface area contributed by atoms with Crippen molar-refractivity contribution >= 4 is 11.0 Å². The van der Waals surface area contributed by atoms with E-state index in [0.717, 1.165) is 28.1 Å². The number of fused-ring (bicyclic) bond motifs is 1. The van der Waals surface area contributed by atoms with Crippen LogP contribution in [0.15, 0.2) is 65.5 Å². The Bertz CT molecular complexity index is 1090. The zero-order chi connectivity index (χ0) is 17.2. The Kier molecular flexibility index (Phi) is 3.70. The molecule has 0 fully saturated rings. The SMILES string of the molecule is COc1ccc(-c2cc(-c3ccccc3)nc3nn[nH]c(=O)c23)cc1. The lowest BCUT2D eigenvalue weighted by molar-refractivity contribution is 0.415. The summed E-state index contributed by atoms with van der Waals surface area (Å²) >= 11 is 0. The summed E-state index contributed by atoms with van der Waals surface area (Å²) in [6.45, 7) is 0. The van der Waals surface area contributed by atoms with E-state index in [9.17, 15) is 4.79 Å². The molecule has 0 saturated carbocycles. The molecule has 6 heteroatoms. The van der Waals surface area contributed by atoms with E-state index in [2.05, 4.69) is 20.4 Å². The van der Waals surface area contributed by atoms with E-state index in [4.69, 9.17) is 4.74 Å². The predicted octanol–water partition coefficient (Wildman–Crippen LogP) is 3.06. The summed E-state index contributed by atoms with van der Waals surface area (Å²) in [7, 11) is 1.62. The average molecular weight is 330 g/mol. The molecule has 2 aromatic heterocycles. The fourth-order valence-electron chi connectivity index (χ4n) is 2.76. The van der Waals surface area contributed by atoms with Crippen molar-refractivity contribution in [3.63, 3.8) is 0 Å². The number of nitrogens with one attached hydrogen (secondary N) is 1. The van der Waals surface area contributed by atoms with Crippen LogP contribution >= 0.6 is 0 Å². The van der Waals surface area contributed by atoms with Gasteiger partial charge in [0, 0.05) is 11.1 Å². The van der Waals surface area contributed by atoms with Crippen LogP contribution in [0.1, 0.15) is 0 Å². The summed E-state index contributed by atoms with van der Waals surface area (Å²) < 4.78 is 5.21. The first-order valence-corrected chi connectivity index (χ1v) is 7.72. The van der Waals surface area contributed by atoms with Gasteiger partial charge in [0.1, 0.15) is 5.75 Å². The van der Waals surface area contributed by atoms with Gasteiger partial charge in [0.15, 0.2) is 5.65 Å². The molecule has 0 aliphatic carbocycles. The Hall–Kier alpha value is -3.54. The summed E-state index contributed by atoms with van der Waals surface area (Å²) in [4.78, 5) is 16.8. The van der Waals surface area contributed by atoms with Crippen LogP contribution in [0.5, 0.6) is 5.75 Å². The molecule has 0 unspecified atom stereocenters. The minimum absolute atomic E-state index is 0.316. The monoisotopic (exact) mass is 330 g/mol. The van der Waals surface area contributed by atoms with E-state index in [-0.39, 0.29) is 5.56 Å². The van der Waals surface area contributed by atoms with Gasteiger partial charge in [0.2, 0.25) is 0 Å². The van der Waals surface area contributed by atoms with Crippen LogP contribution in [0.25, 0.3) is 33.4 Å². The first-order valence-electron chi connectivity index (χ1n) is 7.72. The first-order chi connectivity index (χ1) is 12.3. The molecule has 4 rings (SSSR count). The minimum atomic E-state index is -0.317. The van der Waals surface area contributed by atoms with Crippen molar-refractivity contribution in [2.45, 2.75) is 0 Å². The number of pyridine rings is 1. The number of H-pyrrole nitrogens is 1. The van der Waals surface area contributed by atoms with Crippen LogP contribution in [0.4, 0.5) is 0 Å². The van der Waals surface area contributed by atoms with Crippen molar-refractivity contribution in [2.75, 3.05) is 7.11 Å². The van der Waals surface area contributed by atoms with Crippen LogP contribution in [0.3, 0.4) is 0 Å². The molecule has 0 radical (unpaired) electrons. The van der Waals surface area contributed by atoms with Gasteiger partial charge in [0.05, 0.1) is 18.2 Å². The molecule has 2 heterocycles. The highest BCUT2D eigenvalue weighted by Gasteiger charge is 2.14. The zero-order valence-electron chi connectivity index (χ0n) is 13.4. The number of hydrogen-bond acceptors (Lipinski definition) is 5. The average Bonchev–Trinajstić information content (AvgIpc) is 2.68. The number of aromatic nitrogens is 4. The maximum atomic E-state index is 12.3. The summed E-state index contributed by atoms with van der Waals surface area (Å²) in [5.74, 6) is 0.749. The molecule has 2 aromatic carbocycles. The highest BCUT2D eigenvalue weighted by molar-refractivity contribution is 5.94. The lowest BCUT2D eigenvalue weighted by Crippen LogP contribution is -2.12. The van der Waals surface area contributed by atoms with Gasteiger partial charge in [-0.1, -0.05) is 47.7 Å². The molecule has 0 amide bonds. The zero-order valence-corrected chi connectivity index (χ0v) is 13.4. The molecule has 0 aliphatic heterocycles. The number of benzene rings is 2. The Morgan fingerprint density at radius 1 is 0.960 bits per heavy atom. The molecule has 0 aliphatic rings. The number of rotatable bonds is 3. The molecule has 0 atom stereocenters. The van der Waals surface area contributed by atoms with Gasteiger partial charge in [-0.3, -0.25) is 4.79 Å².